The predicted octanol–water partition coefficient (Wildman–Crippen LogP) is 2.38. The van der Waals surface area contributed by atoms with Crippen LogP contribution in [0.2, 0.25) is 0 Å². The standard InChI is InChI=1S/C11H9NO3S/c1-7-10(16-6-12-7)11(14)15-9-4-2-8(13)3-5-9/h2-6,13H,1H3. The van der Waals surface area contributed by atoms with Gasteiger partial charge < -0.3 is 9.84 Å². The Morgan fingerprint density at radius 1 is 1.38 bits per heavy atom. The highest BCUT2D eigenvalue weighted by Crippen LogP contribution is 2.19. The Hall–Kier alpha value is -1.88. The smallest absolute Gasteiger partial charge is 0.355 e. The first-order valence-corrected chi connectivity index (χ1v) is 5.46. The zero-order valence-corrected chi connectivity index (χ0v) is 9.32. The molecule has 0 amide bonds. The lowest BCUT2D eigenvalue weighted by atomic mass is 10.3. The molecule has 4 nitrogen and oxygen atoms in total. The summed E-state index contributed by atoms with van der Waals surface area (Å²) in [6.07, 6.45) is 0. The summed E-state index contributed by atoms with van der Waals surface area (Å²) < 4.78 is 5.11. The number of aromatic nitrogens is 1. The monoisotopic (exact) mass is 235 g/mol. The van der Waals surface area contributed by atoms with E-state index in [4.69, 9.17) is 9.84 Å². The molecule has 1 N–H and O–H groups in total. The molecule has 5 heteroatoms. The van der Waals surface area contributed by atoms with E-state index in [2.05, 4.69) is 4.98 Å². The van der Waals surface area contributed by atoms with Crippen LogP contribution >= 0.6 is 11.3 Å². The number of carbonyl (C=O) groups is 1. The summed E-state index contributed by atoms with van der Waals surface area (Å²) in [6.45, 7) is 1.75. The lowest BCUT2D eigenvalue weighted by molar-refractivity contribution is 0.0738. The molecule has 0 fully saturated rings. The lowest BCUT2D eigenvalue weighted by Gasteiger charge is -2.02. The molecule has 1 aromatic heterocycles. The highest BCUT2D eigenvalue weighted by Gasteiger charge is 2.13. The van der Waals surface area contributed by atoms with Crippen LogP contribution in [0, 0.1) is 6.92 Å². The number of esters is 1. The highest BCUT2D eigenvalue weighted by molar-refractivity contribution is 7.11. The van der Waals surface area contributed by atoms with Gasteiger partial charge in [-0.1, -0.05) is 0 Å². The van der Waals surface area contributed by atoms with Gasteiger partial charge in [0.1, 0.15) is 16.4 Å². The highest BCUT2D eigenvalue weighted by atomic mass is 32.1. The molecular formula is C11H9NO3S. The van der Waals surface area contributed by atoms with Crippen LogP contribution < -0.4 is 4.74 Å². The molecule has 0 aliphatic rings. The molecule has 2 aromatic rings. The number of benzene rings is 1. The van der Waals surface area contributed by atoms with E-state index >= 15 is 0 Å². The second-order valence-electron chi connectivity index (χ2n) is 3.15. The summed E-state index contributed by atoms with van der Waals surface area (Å²) in [7, 11) is 0. The van der Waals surface area contributed by atoms with Crippen LogP contribution in [0.5, 0.6) is 11.5 Å². The molecule has 0 unspecified atom stereocenters. The van der Waals surface area contributed by atoms with Crippen LogP contribution in [-0.2, 0) is 0 Å². The van der Waals surface area contributed by atoms with Gasteiger partial charge in [0, 0.05) is 0 Å². The summed E-state index contributed by atoms with van der Waals surface area (Å²) >= 11 is 1.25. The van der Waals surface area contributed by atoms with E-state index in [1.165, 1.54) is 35.6 Å². The quantitative estimate of drug-likeness (QED) is 0.641. The fraction of sp³-hybridized carbons (Fsp3) is 0.0909. The molecule has 0 saturated heterocycles. The number of carbonyl (C=O) groups excluding carboxylic acids is 1. The number of nitrogens with zero attached hydrogens (tertiary/aromatic N) is 1. The number of ether oxygens (including phenoxy) is 1. The van der Waals surface area contributed by atoms with Gasteiger partial charge in [-0.25, -0.2) is 9.78 Å². The first-order valence-electron chi connectivity index (χ1n) is 4.58. The number of rotatable bonds is 2. The normalized spacial score (nSPS) is 10.1. The van der Waals surface area contributed by atoms with E-state index in [9.17, 15) is 4.79 Å². The molecule has 0 bridgehead atoms. The molecule has 0 aliphatic heterocycles. The van der Waals surface area contributed by atoms with Crippen LogP contribution in [0.3, 0.4) is 0 Å². The van der Waals surface area contributed by atoms with Crippen LogP contribution in [0.25, 0.3) is 0 Å². The number of aryl methyl sites for hydroxylation is 1. The number of hydrogen-bond acceptors (Lipinski definition) is 5. The topological polar surface area (TPSA) is 59.4 Å². The Labute approximate surface area is 96.1 Å². The molecular weight excluding hydrogens is 226 g/mol. The number of thiazole rings is 1. The maximum absolute atomic E-state index is 11.7. The third-order valence-electron chi connectivity index (χ3n) is 1.98. The molecule has 0 saturated carbocycles. The maximum Gasteiger partial charge on any atom is 0.355 e. The molecule has 16 heavy (non-hydrogen) atoms. The molecule has 2 rings (SSSR count). The van der Waals surface area contributed by atoms with Crippen molar-refractivity contribution in [2.24, 2.45) is 0 Å². The summed E-state index contributed by atoms with van der Waals surface area (Å²) in [5.74, 6) is 0.107. The SMILES string of the molecule is Cc1ncsc1C(=O)Oc1ccc(O)cc1. The molecule has 82 valence electrons. The average molecular weight is 235 g/mol. The van der Waals surface area contributed by atoms with E-state index in [0.29, 0.717) is 16.3 Å². The lowest BCUT2D eigenvalue weighted by Crippen LogP contribution is -2.07. The van der Waals surface area contributed by atoms with E-state index in [0.717, 1.165) is 0 Å². The second kappa shape index (κ2) is 4.32. The van der Waals surface area contributed by atoms with E-state index in [1.807, 2.05) is 0 Å². The van der Waals surface area contributed by atoms with E-state index in [-0.39, 0.29) is 5.75 Å². The number of aromatic hydroxyl groups is 1. The number of phenolic OH excluding ortho intramolecular Hbond substituents is 1. The van der Waals surface area contributed by atoms with Gasteiger partial charge in [-0.2, -0.15) is 0 Å². The van der Waals surface area contributed by atoms with Crippen molar-refractivity contribution in [2.75, 3.05) is 0 Å². The summed E-state index contributed by atoms with van der Waals surface area (Å²) in [5.41, 5.74) is 2.26. The van der Waals surface area contributed by atoms with Gasteiger partial charge in [-0.05, 0) is 31.2 Å². The fourth-order valence-electron chi connectivity index (χ4n) is 1.17. The average Bonchev–Trinajstić information content (AvgIpc) is 2.68. The molecule has 0 aliphatic carbocycles. The predicted molar refractivity (Wildman–Crippen MR) is 59.9 cm³/mol. The van der Waals surface area contributed by atoms with Gasteiger partial charge in [0.15, 0.2) is 0 Å². The second-order valence-corrected chi connectivity index (χ2v) is 4.01. The summed E-state index contributed by atoms with van der Waals surface area (Å²) in [6, 6.07) is 5.98. The molecule has 0 spiro atoms. The molecule has 1 aromatic carbocycles. The van der Waals surface area contributed by atoms with Gasteiger partial charge in [-0.15, -0.1) is 11.3 Å². The Balaban J connectivity index is 2.14. The fourth-order valence-corrected chi connectivity index (χ4v) is 1.84. The van der Waals surface area contributed by atoms with Crippen molar-refractivity contribution >= 4 is 17.3 Å². The minimum atomic E-state index is -0.425. The third-order valence-corrected chi connectivity index (χ3v) is 2.89. The van der Waals surface area contributed by atoms with Gasteiger partial charge >= 0.3 is 5.97 Å². The third kappa shape index (κ3) is 2.20. The zero-order chi connectivity index (χ0) is 11.5. The molecule has 0 atom stereocenters. The minimum Gasteiger partial charge on any atom is -0.508 e. The Morgan fingerprint density at radius 2 is 2.06 bits per heavy atom. The Morgan fingerprint density at radius 3 is 2.62 bits per heavy atom. The van der Waals surface area contributed by atoms with E-state index in [1.54, 1.807) is 12.4 Å². The largest absolute Gasteiger partial charge is 0.508 e. The van der Waals surface area contributed by atoms with Crippen molar-refractivity contribution in [3.8, 4) is 11.5 Å². The number of phenols is 1. The van der Waals surface area contributed by atoms with Crippen molar-refractivity contribution in [2.45, 2.75) is 6.92 Å². The van der Waals surface area contributed by atoms with Crippen molar-refractivity contribution < 1.29 is 14.6 Å². The van der Waals surface area contributed by atoms with Crippen LogP contribution in [0.4, 0.5) is 0 Å². The van der Waals surface area contributed by atoms with Gasteiger partial charge in [0.2, 0.25) is 0 Å². The molecule has 1 heterocycles. The summed E-state index contributed by atoms with van der Waals surface area (Å²) in [5, 5.41) is 9.07. The van der Waals surface area contributed by atoms with Crippen LogP contribution in [0.1, 0.15) is 15.4 Å². The van der Waals surface area contributed by atoms with Gasteiger partial charge in [-0.3, -0.25) is 0 Å². The Bertz CT molecular complexity index is 504. The van der Waals surface area contributed by atoms with Gasteiger partial charge in [0.25, 0.3) is 0 Å². The summed E-state index contributed by atoms with van der Waals surface area (Å²) in [4.78, 5) is 16.1. The van der Waals surface area contributed by atoms with Crippen LogP contribution in [0.15, 0.2) is 29.8 Å². The van der Waals surface area contributed by atoms with Crippen molar-refractivity contribution in [3.05, 3.63) is 40.3 Å². The zero-order valence-electron chi connectivity index (χ0n) is 8.51. The van der Waals surface area contributed by atoms with Crippen molar-refractivity contribution in [3.63, 3.8) is 0 Å². The molecule has 0 radical (unpaired) electrons. The van der Waals surface area contributed by atoms with Crippen LogP contribution in [-0.4, -0.2) is 16.1 Å². The first kappa shape index (κ1) is 10.6. The minimum absolute atomic E-state index is 0.133. The number of hydrogen-bond donors (Lipinski definition) is 1. The maximum atomic E-state index is 11.7. The Kier molecular flexibility index (Phi) is 2.87. The first-order chi connectivity index (χ1) is 7.66. The van der Waals surface area contributed by atoms with E-state index < -0.39 is 5.97 Å². The van der Waals surface area contributed by atoms with Crippen molar-refractivity contribution in [1.29, 1.82) is 0 Å². The van der Waals surface area contributed by atoms with Gasteiger partial charge in [0.05, 0.1) is 11.2 Å². The van der Waals surface area contributed by atoms with Crippen molar-refractivity contribution in [1.82, 2.24) is 4.98 Å².